The van der Waals surface area contributed by atoms with Crippen molar-refractivity contribution in [2.75, 3.05) is 34.0 Å². The topological polar surface area (TPSA) is 102 Å². The lowest BCUT2D eigenvalue weighted by Crippen LogP contribution is -2.59. The molecule has 5 rings (SSSR count). The van der Waals surface area contributed by atoms with Crippen LogP contribution >= 0.6 is 22.9 Å². The van der Waals surface area contributed by atoms with Gasteiger partial charge in [-0.3, -0.25) is 14.7 Å². The van der Waals surface area contributed by atoms with Gasteiger partial charge in [0.1, 0.15) is 11.9 Å². The average Bonchev–Trinajstić information content (AvgIpc) is 3.42. The van der Waals surface area contributed by atoms with Crippen molar-refractivity contribution in [2.45, 2.75) is 31.0 Å². The molecule has 2 fully saturated rings. The largest absolute Gasteiger partial charge is 0.469 e. The van der Waals surface area contributed by atoms with E-state index in [1.165, 1.54) is 43.8 Å². The molecule has 12 heteroatoms. The van der Waals surface area contributed by atoms with Gasteiger partial charge in [0.25, 0.3) is 0 Å². The normalized spacial score (nSPS) is 25.8. The number of hydrogen-bond donors (Lipinski definition) is 1. The quantitative estimate of drug-likeness (QED) is 0.549. The number of nitrogens with zero attached hydrogens (tertiary/aromatic N) is 3. The summed E-state index contributed by atoms with van der Waals surface area (Å²) in [6.07, 6.45) is 2.85. The molecular formula is C25H26ClFN4O5S. The van der Waals surface area contributed by atoms with Gasteiger partial charge in [-0.25, -0.2) is 14.2 Å². The minimum Gasteiger partial charge on any atom is -0.469 e. The Morgan fingerprint density at radius 2 is 2.00 bits per heavy atom. The third-order valence-corrected chi connectivity index (χ3v) is 8.08. The van der Waals surface area contributed by atoms with Crippen LogP contribution in [0.2, 0.25) is 5.02 Å². The second-order valence-corrected chi connectivity index (χ2v) is 10.4. The molecule has 2 aromatic rings. The third-order valence-electron chi connectivity index (χ3n) is 6.97. The fraction of sp³-hybridized carbons (Fsp3) is 0.440. The molecule has 0 spiro atoms. The Hall–Kier alpha value is -2.86. The van der Waals surface area contributed by atoms with Gasteiger partial charge in [-0.1, -0.05) is 17.7 Å². The first-order valence-corrected chi connectivity index (χ1v) is 13.1. The van der Waals surface area contributed by atoms with Crippen LogP contribution in [-0.2, 0) is 23.8 Å². The van der Waals surface area contributed by atoms with Gasteiger partial charge >= 0.3 is 11.9 Å². The maximum atomic E-state index is 13.9. The minimum absolute atomic E-state index is 0.0418. The number of halogens is 2. The molecule has 0 saturated carbocycles. The number of aromatic nitrogens is 1. The first kappa shape index (κ1) is 25.8. The van der Waals surface area contributed by atoms with E-state index in [1.54, 1.807) is 6.20 Å². The van der Waals surface area contributed by atoms with Crippen LogP contribution in [0.5, 0.6) is 0 Å². The van der Waals surface area contributed by atoms with Gasteiger partial charge in [-0.2, -0.15) is 0 Å². The Kier molecular flexibility index (Phi) is 7.57. The number of fused-ring (bicyclic) bond motifs is 2. The SMILES string of the molecule is COC(=O)C1=C(CN2C3COCC2CC(C(=O)OC)C3)NC(c2nccs2)=NC1c1ccc(F)cc1Cl. The number of carbonyl (C=O) groups excluding carboxylic acids is 2. The van der Waals surface area contributed by atoms with E-state index in [0.29, 0.717) is 54.7 Å². The lowest BCUT2D eigenvalue weighted by molar-refractivity contribution is -0.153. The van der Waals surface area contributed by atoms with Crippen molar-refractivity contribution in [3.05, 3.63) is 62.5 Å². The highest BCUT2D eigenvalue weighted by Gasteiger charge is 2.43. The van der Waals surface area contributed by atoms with Crippen LogP contribution in [0.25, 0.3) is 0 Å². The Labute approximate surface area is 222 Å². The van der Waals surface area contributed by atoms with Crippen molar-refractivity contribution in [1.29, 1.82) is 0 Å². The molecule has 3 unspecified atom stereocenters. The highest BCUT2D eigenvalue weighted by atomic mass is 35.5. The van der Waals surface area contributed by atoms with E-state index in [1.807, 2.05) is 5.38 Å². The maximum Gasteiger partial charge on any atom is 0.338 e. The van der Waals surface area contributed by atoms with E-state index in [0.717, 1.165) is 0 Å². The predicted molar refractivity (Wildman–Crippen MR) is 135 cm³/mol. The van der Waals surface area contributed by atoms with Crippen molar-refractivity contribution < 1.29 is 28.2 Å². The molecule has 2 saturated heterocycles. The zero-order valence-corrected chi connectivity index (χ0v) is 21.9. The highest BCUT2D eigenvalue weighted by molar-refractivity contribution is 7.11. The summed E-state index contributed by atoms with van der Waals surface area (Å²) < 4.78 is 29.8. The molecule has 3 aliphatic heterocycles. The van der Waals surface area contributed by atoms with E-state index < -0.39 is 17.8 Å². The Morgan fingerprint density at radius 1 is 1.24 bits per heavy atom. The number of methoxy groups -OCH3 is 2. The monoisotopic (exact) mass is 548 g/mol. The zero-order valence-electron chi connectivity index (χ0n) is 20.3. The third kappa shape index (κ3) is 5.13. The van der Waals surface area contributed by atoms with Gasteiger partial charge in [0.15, 0.2) is 10.8 Å². The zero-order chi connectivity index (χ0) is 26.1. The van der Waals surface area contributed by atoms with Crippen molar-refractivity contribution in [2.24, 2.45) is 10.9 Å². The molecule has 4 heterocycles. The predicted octanol–water partition coefficient (Wildman–Crippen LogP) is 3.11. The number of benzene rings is 1. The summed E-state index contributed by atoms with van der Waals surface area (Å²) >= 11 is 7.84. The molecule has 1 aromatic carbocycles. The molecule has 0 aliphatic carbocycles. The van der Waals surface area contributed by atoms with E-state index in [4.69, 9.17) is 30.8 Å². The molecule has 1 aromatic heterocycles. The van der Waals surface area contributed by atoms with Gasteiger partial charge in [0.05, 0.1) is 38.9 Å². The summed E-state index contributed by atoms with van der Waals surface area (Å²) in [5.74, 6) is -0.996. The number of hydrogen-bond acceptors (Lipinski definition) is 10. The van der Waals surface area contributed by atoms with Gasteiger partial charge in [-0.15, -0.1) is 11.3 Å². The molecule has 0 amide bonds. The van der Waals surface area contributed by atoms with Crippen molar-refractivity contribution in [1.82, 2.24) is 15.2 Å². The molecule has 2 bridgehead atoms. The molecule has 196 valence electrons. The summed E-state index contributed by atoms with van der Waals surface area (Å²) in [7, 11) is 2.71. The van der Waals surface area contributed by atoms with Crippen LogP contribution in [0, 0.1) is 11.7 Å². The summed E-state index contributed by atoms with van der Waals surface area (Å²) in [6, 6.07) is 3.10. The standard InChI is InChI=1S/C25H26ClFN4O5S/c1-34-24(32)13-7-15-11-36-12-16(8-13)31(15)10-19-20(25(33)35-2)21(17-4-3-14(27)9-18(17)26)30-22(29-19)23-28-5-6-37-23/h3-6,9,13,15-16,21H,7-8,10-12H2,1-2H3,(H,29,30). The second-order valence-electron chi connectivity index (χ2n) is 9.10. The number of carbonyl (C=O) groups is 2. The number of rotatable bonds is 6. The number of esters is 2. The van der Waals surface area contributed by atoms with Crippen LogP contribution in [0.3, 0.4) is 0 Å². The van der Waals surface area contributed by atoms with Gasteiger partial charge in [-0.05, 0) is 25.0 Å². The van der Waals surface area contributed by atoms with E-state index >= 15 is 0 Å². The van der Waals surface area contributed by atoms with Crippen LogP contribution in [-0.4, -0.2) is 73.7 Å². The number of thiazole rings is 1. The van der Waals surface area contributed by atoms with Gasteiger partial charge in [0.2, 0.25) is 0 Å². The van der Waals surface area contributed by atoms with E-state index in [-0.39, 0.29) is 34.6 Å². The van der Waals surface area contributed by atoms with Crippen molar-refractivity contribution in [3.63, 3.8) is 0 Å². The lowest BCUT2D eigenvalue weighted by Gasteiger charge is -2.48. The van der Waals surface area contributed by atoms with Crippen LogP contribution in [0.1, 0.15) is 29.5 Å². The molecule has 1 N–H and O–H groups in total. The van der Waals surface area contributed by atoms with Crippen LogP contribution in [0.15, 0.2) is 46.0 Å². The molecule has 37 heavy (non-hydrogen) atoms. The molecule has 9 nitrogen and oxygen atoms in total. The Bertz CT molecular complexity index is 1240. The molecular weight excluding hydrogens is 523 g/mol. The number of piperidine rings is 1. The molecule has 3 aliphatic rings. The lowest BCUT2D eigenvalue weighted by atomic mass is 9.84. The average molecular weight is 549 g/mol. The first-order chi connectivity index (χ1) is 17.9. The van der Waals surface area contributed by atoms with E-state index in [2.05, 4.69) is 15.2 Å². The minimum atomic E-state index is -0.834. The number of amidine groups is 1. The number of nitrogens with one attached hydrogen (secondary N) is 1. The summed E-state index contributed by atoms with van der Waals surface area (Å²) in [5, 5.41) is 5.94. The second kappa shape index (κ2) is 10.9. The fourth-order valence-corrected chi connectivity index (χ4v) is 6.12. The Morgan fingerprint density at radius 3 is 2.62 bits per heavy atom. The molecule has 3 atom stereocenters. The van der Waals surface area contributed by atoms with Crippen LogP contribution in [0.4, 0.5) is 4.39 Å². The number of ether oxygens (including phenoxy) is 3. The van der Waals surface area contributed by atoms with Gasteiger partial charge in [0, 0.05) is 46.5 Å². The molecule has 0 radical (unpaired) electrons. The maximum absolute atomic E-state index is 13.9. The Balaban J connectivity index is 1.56. The number of aliphatic imine (C=N–C) groups is 1. The van der Waals surface area contributed by atoms with Gasteiger partial charge < -0.3 is 19.5 Å². The van der Waals surface area contributed by atoms with Crippen LogP contribution < -0.4 is 5.32 Å². The van der Waals surface area contributed by atoms with Crippen molar-refractivity contribution >= 4 is 40.7 Å². The smallest absolute Gasteiger partial charge is 0.338 e. The summed E-state index contributed by atoms with van der Waals surface area (Å²) in [5.41, 5.74) is 1.35. The van der Waals surface area contributed by atoms with E-state index in [9.17, 15) is 14.0 Å². The first-order valence-electron chi connectivity index (χ1n) is 11.8. The van der Waals surface area contributed by atoms with Crippen molar-refractivity contribution in [3.8, 4) is 0 Å². The highest BCUT2D eigenvalue weighted by Crippen LogP contribution is 2.38. The fourth-order valence-electron chi connectivity index (χ4n) is 5.26. The number of morpholine rings is 1. The summed E-state index contributed by atoms with van der Waals surface area (Å²) in [4.78, 5) is 36.9. The summed E-state index contributed by atoms with van der Waals surface area (Å²) in [6.45, 7) is 1.29.